The molecule has 1 amide bonds. The van der Waals surface area contributed by atoms with Crippen LogP contribution in [0.25, 0.3) is 5.65 Å². The summed E-state index contributed by atoms with van der Waals surface area (Å²) >= 11 is 10.1. The first-order valence-electron chi connectivity index (χ1n) is 7.04. The molecule has 0 saturated carbocycles. The number of nitrogens with one attached hydrogen (secondary N) is 1. The number of nitrogens with zero attached hydrogens (tertiary/aromatic N) is 3. The van der Waals surface area contributed by atoms with Crippen LogP contribution in [-0.4, -0.2) is 26.3 Å². The second kappa shape index (κ2) is 7.45. The zero-order valence-corrected chi connectivity index (χ0v) is 15.9. The number of aromatic nitrogens is 3. The molecule has 136 valence electrons. The first-order chi connectivity index (χ1) is 12.2. The largest absolute Gasteiger partial charge is 0.417 e. The number of carbonyl (C=O) groups is 1. The molecule has 26 heavy (non-hydrogen) atoms. The van der Waals surface area contributed by atoms with E-state index in [1.54, 1.807) is 18.2 Å². The van der Waals surface area contributed by atoms with Crippen molar-refractivity contribution in [3.8, 4) is 0 Å². The van der Waals surface area contributed by atoms with Crippen molar-refractivity contribution in [3.05, 3.63) is 51.6 Å². The van der Waals surface area contributed by atoms with Crippen molar-refractivity contribution in [2.75, 3.05) is 11.1 Å². The molecule has 0 atom stereocenters. The quantitative estimate of drug-likeness (QED) is 0.557. The molecule has 0 unspecified atom stereocenters. The Hall–Kier alpha value is -1.78. The Bertz CT molecular complexity index is 979. The average molecular weight is 466 g/mol. The van der Waals surface area contributed by atoms with Crippen molar-refractivity contribution >= 4 is 56.5 Å². The van der Waals surface area contributed by atoms with E-state index >= 15 is 0 Å². The lowest BCUT2D eigenvalue weighted by molar-refractivity contribution is -0.137. The smallest absolute Gasteiger partial charge is 0.325 e. The third kappa shape index (κ3) is 4.30. The van der Waals surface area contributed by atoms with Crippen LogP contribution in [0.4, 0.5) is 18.9 Å². The van der Waals surface area contributed by atoms with Gasteiger partial charge < -0.3 is 5.32 Å². The highest BCUT2D eigenvalue weighted by Gasteiger charge is 2.32. The lowest BCUT2D eigenvalue weighted by Crippen LogP contribution is -2.14. The molecule has 0 radical (unpaired) electrons. The number of benzene rings is 1. The van der Waals surface area contributed by atoms with Crippen LogP contribution in [0.3, 0.4) is 0 Å². The minimum Gasteiger partial charge on any atom is -0.325 e. The summed E-state index contributed by atoms with van der Waals surface area (Å²) in [5.74, 6) is -0.385. The number of hydrogen-bond acceptors (Lipinski definition) is 4. The van der Waals surface area contributed by atoms with Gasteiger partial charge in [0, 0.05) is 16.4 Å². The summed E-state index contributed by atoms with van der Waals surface area (Å²) in [6.07, 6.45) is -3.70. The maximum atomic E-state index is 12.9. The Labute approximate surface area is 163 Å². The van der Waals surface area contributed by atoms with Crippen LogP contribution in [0.1, 0.15) is 5.56 Å². The van der Waals surface area contributed by atoms with Gasteiger partial charge in [-0.1, -0.05) is 45.4 Å². The zero-order valence-electron chi connectivity index (χ0n) is 12.7. The van der Waals surface area contributed by atoms with Crippen LogP contribution in [-0.2, 0) is 11.0 Å². The second-order valence-corrected chi connectivity index (χ2v) is 7.36. The fourth-order valence-electron chi connectivity index (χ4n) is 2.08. The number of carbonyl (C=O) groups excluding carboxylic acids is 1. The fourth-order valence-corrected chi connectivity index (χ4v) is 3.44. The van der Waals surface area contributed by atoms with E-state index in [1.807, 2.05) is 6.07 Å². The van der Waals surface area contributed by atoms with Gasteiger partial charge in [-0.05, 0) is 24.3 Å². The van der Waals surface area contributed by atoms with E-state index < -0.39 is 11.7 Å². The molecular weight excluding hydrogens is 457 g/mol. The first kappa shape index (κ1) is 19.0. The van der Waals surface area contributed by atoms with E-state index in [0.29, 0.717) is 5.69 Å². The van der Waals surface area contributed by atoms with Gasteiger partial charge in [0.15, 0.2) is 10.8 Å². The summed E-state index contributed by atoms with van der Waals surface area (Å²) in [7, 11) is 0. The van der Waals surface area contributed by atoms with Gasteiger partial charge in [-0.3, -0.25) is 9.20 Å². The van der Waals surface area contributed by atoms with Gasteiger partial charge in [0.05, 0.1) is 16.3 Å². The first-order valence-corrected chi connectivity index (χ1v) is 9.19. The highest BCUT2D eigenvalue weighted by Crippen LogP contribution is 2.33. The number of fused-ring (bicyclic) bond motifs is 1. The third-order valence-corrected chi connectivity index (χ3v) is 4.91. The molecule has 3 aromatic rings. The predicted octanol–water partition coefficient (Wildman–Crippen LogP) is 4.89. The maximum Gasteiger partial charge on any atom is 0.417 e. The van der Waals surface area contributed by atoms with Gasteiger partial charge in [-0.25, -0.2) is 0 Å². The Balaban J connectivity index is 1.76. The van der Waals surface area contributed by atoms with Crippen molar-refractivity contribution in [3.63, 3.8) is 0 Å². The molecule has 2 heterocycles. The maximum absolute atomic E-state index is 12.9. The third-order valence-electron chi connectivity index (χ3n) is 3.20. The van der Waals surface area contributed by atoms with Crippen molar-refractivity contribution in [2.24, 2.45) is 0 Å². The summed E-state index contributed by atoms with van der Waals surface area (Å²) in [4.78, 5) is 12.0. The zero-order chi connectivity index (χ0) is 18.9. The van der Waals surface area contributed by atoms with Gasteiger partial charge in [0.25, 0.3) is 0 Å². The minimum atomic E-state index is -4.55. The molecular formula is C15H9BrClF3N4OS. The van der Waals surface area contributed by atoms with E-state index in [2.05, 4.69) is 31.4 Å². The predicted molar refractivity (Wildman–Crippen MR) is 96.5 cm³/mol. The average Bonchev–Trinajstić information content (AvgIpc) is 2.96. The van der Waals surface area contributed by atoms with E-state index in [-0.39, 0.29) is 27.5 Å². The Morgan fingerprint density at radius 2 is 2.08 bits per heavy atom. The normalized spacial score (nSPS) is 11.7. The molecule has 1 N–H and O–H groups in total. The van der Waals surface area contributed by atoms with Gasteiger partial charge in [0.1, 0.15) is 0 Å². The Kier molecular flexibility index (Phi) is 5.44. The molecule has 0 aliphatic carbocycles. The minimum absolute atomic E-state index is 0.0544. The summed E-state index contributed by atoms with van der Waals surface area (Å²) in [6.45, 7) is 0. The standard InChI is InChI=1S/C15H9BrClF3N4OS/c16-9-2-1-3-10(5-9)21-12(25)7-26-14-23-22-13-11(17)4-8(6-24(13)14)15(18,19)20/h1-6H,7H2,(H,21,25). The van der Waals surface area contributed by atoms with E-state index in [1.165, 1.54) is 0 Å². The highest BCUT2D eigenvalue weighted by molar-refractivity contribution is 9.10. The number of pyridine rings is 1. The number of alkyl halides is 3. The molecule has 2 aromatic heterocycles. The number of rotatable bonds is 4. The number of hydrogen-bond donors (Lipinski definition) is 1. The number of amides is 1. The Morgan fingerprint density at radius 3 is 2.77 bits per heavy atom. The van der Waals surface area contributed by atoms with Crippen LogP contribution in [0.5, 0.6) is 0 Å². The summed E-state index contributed by atoms with van der Waals surface area (Å²) in [6, 6.07) is 7.81. The molecule has 0 saturated heterocycles. The van der Waals surface area contributed by atoms with Crippen molar-refractivity contribution < 1.29 is 18.0 Å². The topological polar surface area (TPSA) is 59.3 Å². The van der Waals surface area contributed by atoms with E-state index in [0.717, 1.165) is 32.9 Å². The molecule has 11 heteroatoms. The van der Waals surface area contributed by atoms with E-state index in [9.17, 15) is 18.0 Å². The van der Waals surface area contributed by atoms with Crippen molar-refractivity contribution in [2.45, 2.75) is 11.3 Å². The van der Waals surface area contributed by atoms with Gasteiger partial charge in [-0.15, -0.1) is 10.2 Å². The molecule has 5 nitrogen and oxygen atoms in total. The second-order valence-electron chi connectivity index (χ2n) is 5.10. The number of halogens is 5. The van der Waals surface area contributed by atoms with Crippen LogP contribution in [0.2, 0.25) is 5.02 Å². The highest BCUT2D eigenvalue weighted by atomic mass is 79.9. The monoisotopic (exact) mass is 464 g/mol. The van der Waals surface area contributed by atoms with Crippen molar-refractivity contribution in [1.82, 2.24) is 14.6 Å². The number of anilines is 1. The molecule has 0 spiro atoms. The van der Waals surface area contributed by atoms with Crippen LogP contribution in [0, 0.1) is 0 Å². The van der Waals surface area contributed by atoms with Gasteiger partial charge >= 0.3 is 6.18 Å². The molecule has 3 rings (SSSR count). The lowest BCUT2D eigenvalue weighted by Gasteiger charge is -2.09. The van der Waals surface area contributed by atoms with Crippen LogP contribution in [0.15, 0.2) is 46.2 Å². The van der Waals surface area contributed by atoms with Gasteiger partial charge in [0.2, 0.25) is 5.91 Å². The molecule has 0 aliphatic heterocycles. The Morgan fingerprint density at radius 1 is 1.31 bits per heavy atom. The van der Waals surface area contributed by atoms with Crippen LogP contribution < -0.4 is 5.32 Å². The lowest BCUT2D eigenvalue weighted by atomic mass is 10.3. The van der Waals surface area contributed by atoms with Crippen LogP contribution >= 0.6 is 39.3 Å². The van der Waals surface area contributed by atoms with Crippen molar-refractivity contribution in [1.29, 1.82) is 0 Å². The molecule has 0 fully saturated rings. The molecule has 0 bridgehead atoms. The molecule has 0 aliphatic rings. The molecule has 1 aromatic carbocycles. The SMILES string of the molecule is O=C(CSc1nnc2c(Cl)cc(C(F)(F)F)cn12)Nc1cccc(Br)c1. The van der Waals surface area contributed by atoms with E-state index in [4.69, 9.17) is 11.6 Å². The summed E-state index contributed by atoms with van der Waals surface area (Å²) in [5.41, 5.74) is -0.233. The summed E-state index contributed by atoms with van der Waals surface area (Å²) < 4.78 is 40.7. The summed E-state index contributed by atoms with van der Waals surface area (Å²) in [5, 5.41) is 10.2. The fraction of sp³-hybridized carbons (Fsp3) is 0.133. The number of thioether (sulfide) groups is 1. The van der Waals surface area contributed by atoms with Gasteiger partial charge in [-0.2, -0.15) is 13.2 Å².